The molecule has 17 heavy (non-hydrogen) atoms. The lowest BCUT2D eigenvalue weighted by molar-refractivity contribution is -0.132. The largest absolute Gasteiger partial charge is 0.340 e. The van der Waals surface area contributed by atoms with Gasteiger partial charge in [0.25, 0.3) is 0 Å². The lowest BCUT2D eigenvalue weighted by atomic mass is 10.2. The molecule has 0 aliphatic heterocycles. The molecule has 92 valence electrons. The molecule has 1 aliphatic carbocycles. The fourth-order valence-corrected chi connectivity index (χ4v) is 2.21. The van der Waals surface area contributed by atoms with Crippen molar-refractivity contribution in [2.45, 2.75) is 29.8 Å². The van der Waals surface area contributed by atoms with Gasteiger partial charge in [-0.05, 0) is 36.8 Å². The van der Waals surface area contributed by atoms with Gasteiger partial charge in [-0.25, -0.2) is 0 Å². The highest BCUT2D eigenvalue weighted by atomic mass is 32.2. The maximum Gasteiger partial charge on any atom is 0.242 e. The van der Waals surface area contributed by atoms with E-state index in [9.17, 15) is 4.79 Å². The minimum absolute atomic E-state index is 0.0615. The quantitative estimate of drug-likeness (QED) is 0.830. The molecule has 0 unspecified atom stereocenters. The van der Waals surface area contributed by atoms with Crippen LogP contribution in [0.4, 0.5) is 0 Å². The second-order valence-electron chi connectivity index (χ2n) is 4.67. The lowest BCUT2D eigenvalue weighted by Crippen LogP contribution is -2.43. The Kier molecular flexibility index (Phi) is 3.45. The van der Waals surface area contributed by atoms with E-state index < -0.39 is 5.54 Å². The molecular formula is C13H18N2OS. The first-order valence-electron chi connectivity index (χ1n) is 5.72. The van der Waals surface area contributed by atoms with E-state index in [1.54, 1.807) is 16.7 Å². The van der Waals surface area contributed by atoms with E-state index in [2.05, 4.69) is 30.5 Å². The number of hydrogen-bond acceptors (Lipinski definition) is 3. The first kappa shape index (κ1) is 12.5. The summed E-state index contributed by atoms with van der Waals surface area (Å²) in [6.45, 7) is 0.631. The van der Waals surface area contributed by atoms with E-state index in [1.165, 1.54) is 4.90 Å². The predicted octanol–water partition coefficient (Wildman–Crippen LogP) is 1.86. The Hall–Kier alpha value is -1.00. The molecule has 0 bridgehead atoms. The molecule has 1 fully saturated rings. The summed E-state index contributed by atoms with van der Waals surface area (Å²) in [5.41, 5.74) is 6.48. The zero-order chi connectivity index (χ0) is 12.5. The van der Waals surface area contributed by atoms with Crippen molar-refractivity contribution in [2.24, 2.45) is 5.73 Å². The Morgan fingerprint density at radius 3 is 2.47 bits per heavy atom. The van der Waals surface area contributed by atoms with Gasteiger partial charge in [0.05, 0.1) is 5.54 Å². The number of rotatable bonds is 4. The number of nitrogens with zero attached hydrogens (tertiary/aromatic N) is 1. The number of nitrogens with two attached hydrogens (primary N) is 1. The Morgan fingerprint density at radius 1 is 1.41 bits per heavy atom. The number of hydrogen-bond donors (Lipinski definition) is 1. The lowest BCUT2D eigenvalue weighted by Gasteiger charge is -2.21. The van der Waals surface area contributed by atoms with E-state index in [0.29, 0.717) is 6.54 Å². The normalized spacial score (nSPS) is 16.6. The van der Waals surface area contributed by atoms with Crippen LogP contribution in [0.2, 0.25) is 0 Å². The minimum Gasteiger partial charge on any atom is -0.340 e. The number of thioether (sulfide) groups is 1. The second-order valence-corrected chi connectivity index (χ2v) is 5.55. The molecule has 1 aromatic rings. The molecule has 0 aromatic heterocycles. The van der Waals surface area contributed by atoms with Crippen LogP contribution in [0.5, 0.6) is 0 Å². The van der Waals surface area contributed by atoms with Crippen molar-refractivity contribution in [2.75, 3.05) is 13.3 Å². The van der Waals surface area contributed by atoms with Gasteiger partial charge in [-0.15, -0.1) is 11.8 Å². The zero-order valence-electron chi connectivity index (χ0n) is 10.3. The molecule has 2 rings (SSSR count). The first-order valence-corrected chi connectivity index (χ1v) is 6.95. The Labute approximate surface area is 106 Å². The Bertz CT molecular complexity index is 412. The van der Waals surface area contributed by atoms with Crippen LogP contribution in [-0.2, 0) is 11.3 Å². The summed E-state index contributed by atoms with van der Waals surface area (Å²) in [5, 5.41) is 0. The third kappa shape index (κ3) is 2.82. The van der Waals surface area contributed by atoms with Crippen LogP contribution in [0.1, 0.15) is 18.4 Å². The van der Waals surface area contributed by atoms with E-state index in [-0.39, 0.29) is 5.91 Å². The summed E-state index contributed by atoms with van der Waals surface area (Å²) >= 11 is 1.72. The van der Waals surface area contributed by atoms with Gasteiger partial charge < -0.3 is 10.6 Å². The average molecular weight is 250 g/mol. The van der Waals surface area contributed by atoms with Gasteiger partial charge in [0, 0.05) is 18.5 Å². The van der Waals surface area contributed by atoms with Crippen LogP contribution in [0, 0.1) is 0 Å². The molecule has 0 heterocycles. The molecule has 1 aromatic carbocycles. The maximum absolute atomic E-state index is 12.0. The summed E-state index contributed by atoms with van der Waals surface area (Å²) in [4.78, 5) is 14.9. The Morgan fingerprint density at radius 2 is 2.00 bits per heavy atom. The van der Waals surface area contributed by atoms with Gasteiger partial charge in [0.15, 0.2) is 0 Å². The van der Waals surface area contributed by atoms with Crippen molar-refractivity contribution in [3.63, 3.8) is 0 Å². The van der Waals surface area contributed by atoms with Gasteiger partial charge in [0.2, 0.25) is 5.91 Å². The average Bonchev–Trinajstić information content (AvgIpc) is 3.08. The van der Waals surface area contributed by atoms with E-state index >= 15 is 0 Å². The summed E-state index contributed by atoms with van der Waals surface area (Å²) < 4.78 is 0. The third-order valence-corrected chi connectivity index (χ3v) is 3.88. The highest BCUT2D eigenvalue weighted by Gasteiger charge is 2.47. The predicted molar refractivity (Wildman–Crippen MR) is 70.8 cm³/mol. The molecule has 4 heteroatoms. The molecule has 3 nitrogen and oxygen atoms in total. The molecule has 1 aliphatic rings. The van der Waals surface area contributed by atoms with Crippen LogP contribution >= 0.6 is 11.8 Å². The summed E-state index contributed by atoms with van der Waals surface area (Å²) in [7, 11) is 1.82. The zero-order valence-corrected chi connectivity index (χ0v) is 11.1. The smallest absolute Gasteiger partial charge is 0.242 e. The van der Waals surface area contributed by atoms with Crippen molar-refractivity contribution in [1.82, 2.24) is 4.90 Å². The van der Waals surface area contributed by atoms with Crippen LogP contribution in [0.25, 0.3) is 0 Å². The molecule has 0 spiro atoms. The fraction of sp³-hybridized carbons (Fsp3) is 0.462. The van der Waals surface area contributed by atoms with Gasteiger partial charge in [-0.3, -0.25) is 4.79 Å². The van der Waals surface area contributed by atoms with Gasteiger partial charge in [-0.1, -0.05) is 12.1 Å². The standard InChI is InChI=1S/C13H18N2OS/c1-15(12(16)13(14)7-8-13)9-10-3-5-11(17-2)6-4-10/h3-6H,7-9,14H2,1-2H3. The third-order valence-electron chi connectivity index (χ3n) is 3.14. The van der Waals surface area contributed by atoms with Crippen molar-refractivity contribution in [3.05, 3.63) is 29.8 Å². The maximum atomic E-state index is 12.0. The van der Waals surface area contributed by atoms with E-state index in [4.69, 9.17) is 5.73 Å². The molecule has 0 atom stereocenters. The fourth-order valence-electron chi connectivity index (χ4n) is 1.81. The highest BCUT2D eigenvalue weighted by molar-refractivity contribution is 7.98. The topological polar surface area (TPSA) is 46.3 Å². The molecule has 0 saturated heterocycles. The monoisotopic (exact) mass is 250 g/mol. The molecule has 2 N–H and O–H groups in total. The van der Waals surface area contributed by atoms with Gasteiger partial charge in [-0.2, -0.15) is 0 Å². The summed E-state index contributed by atoms with van der Waals surface area (Å²) in [6.07, 6.45) is 3.69. The van der Waals surface area contributed by atoms with Crippen LogP contribution in [0.3, 0.4) is 0 Å². The van der Waals surface area contributed by atoms with Gasteiger partial charge in [0.1, 0.15) is 0 Å². The summed E-state index contributed by atoms with van der Waals surface area (Å²) in [6, 6.07) is 8.28. The van der Waals surface area contributed by atoms with E-state index in [0.717, 1.165) is 18.4 Å². The minimum atomic E-state index is -0.562. The number of carbonyl (C=O) groups is 1. The molecule has 0 radical (unpaired) electrons. The number of carbonyl (C=O) groups excluding carboxylic acids is 1. The van der Waals surface area contributed by atoms with Crippen LogP contribution < -0.4 is 5.73 Å². The molecule has 1 saturated carbocycles. The van der Waals surface area contributed by atoms with Crippen molar-refractivity contribution < 1.29 is 4.79 Å². The van der Waals surface area contributed by atoms with E-state index in [1.807, 2.05) is 7.05 Å². The van der Waals surface area contributed by atoms with Crippen molar-refractivity contribution in [1.29, 1.82) is 0 Å². The first-order chi connectivity index (χ1) is 8.05. The van der Waals surface area contributed by atoms with Crippen LogP contribution in [-0.4, -0.2) is 29.6 Å². The van der Waals surface area contributed by atoms with Crippen molar-refractivity contribution in [3.8, 4) is 0 Å². The molecular weight excluding hydrogens is 232 g/mol. The molecule has 1 amide bonds. The van der Waals surface area contributed by atoms with Crippen molar-refractivity contribution >= 4 is 17.7 Å². The SMILES string of the molecule is CSc1ccc(CN(C)C(=O)C2(N)CC2)cc1. The summed E-state index contributed by atoms with van der Waals surface area (Å²) in [5.74, 6) is 0.0615. The Balaban J connectivity index is 1.97. The number of benzene rings is 1. The van der Waals surface area contributed by atoms with Gasteiger partial charge >= 0.3 is 0 Å². The highest BCUT2D eigenvalue weighted by Crippen LogP contribution is 2.34. The number of likely N-dealkylation sites (N-methyl/N-ethyl adjacent to an activating group) is 1. The second kappa shape index (κ2) is 4.70. The van der Waals surface area contributed by atoms with Crippen LogP contribution in [0.15, 0.2) is 29.2 Å². The number of amides is 1.